The van der Waals surface area contributed by atoms with Gasteiger partial charge in [0.15, 0.2) is 12.6 Å². The zero-order valence-electron chi connectivity index (χ0n) is 32.3. The van der Waals surface area contributed by atoms with E-state index in [9.17, 15) is 46.0 Å². The Hall–Kier alpha value is -0.560. The molecule has 2 heterocycles. The first kappa shape index (κ1) is 42.1. The molecule has 0 bridgehead atoms. The SMILES string of the molecule is COC1COC(OC2C(OCC(CCC(C)C3CC(O)C4C3(C)CCC3C5(C)CCC(O)C(O)C5C(O)CC34O)C(C)C)OC(CO)C2O)C(O)C1O. The van der Waals surface area contributed by atoms with Crippen LogP contribution in [0.4, 0.5) is 0 Å². The molecule has 4 saturated carbocycles. The summed E-state index contributed by atoms with van der Waals surface area (Å²) in [6, 6.07) is 0. The third kappa shape index (κ3) is 7.28. The first-order chi connectivity index (χ1) is 24.9. The van der Waals surface area contributed by atoms with Gasteiger partial charge in [-0.1, -0.05) is 41.0 Å². The van der Waals surface area contributed by atoms with Crippen LogP contribution in [0.2, 0.25) is 0 Å². The predicted octanol–water partition coefficient (Wildman–Crippen LogP) is 0.295. The van der Waals surface area contributed by atoms with Gasteiger partial charge in [-0.2, -0.15) is 0 Å². The van der Waals surface area contributed by atoms with Crippen molar-refractivity contribution in [3.8, 4) is 0 Å². The molecule has 6 rings (SSSR count). The fourth-order valence-electron chi connectivity index (χ4n) is 12.4. The molecule has 2 aliphatic heterocycles. The van der Waals surface area contributed by atoms with Crippen molar-refractivity contribution in [2.45, 2.75) is 165 Å². The Balaban J connectivity index is 1.10. The Labute approximate surface area is 313 Å². The normalized spacial score (nSPS) is 52.5. The fourth-order valence-corrected chi connectivity index (χ4v) is 12.4. The first-order valence-electron chi connectivity index (χ1n) is 20.1. The van der Waals surface area contributed by atoms with E-state index in [1.165, 1.54) is 7.11 Å². The molecule has 2 saturated heterocycles. The lowest BCUT2D eigenvalue weighted by Gasteiger charge is -2.66. The number of aliphatic hydroxyl groups excluding tert-OH is 8. The zero-order chi connectivity index (χ0) is 38.8. The Morgan fingerprint density at radius 2 is 1.51 bits per heavy atom. The molecule has 4 aliphatic carbocycles. The van der Waals surface area contributed by atoms with Gasteiger partial charge in [0.2, 0.25) is 0 Å². The molecule has 6 fully saturated rings. The summed E-state index contributed by atoms with van der Waals surface area (Å²) >= 11 is 0. The minimum absolute atomic E-state index is 0.0275. The van der Waals surface area contributed by atoms with Crippen molar-refractivity contribution in [1.82, 2.24) is 0 Å². The van der Waals surface area contributed by atoms with E-state index in [1.807, 2.05) is 6.92 Å². The summed E-state index contributed by atoms with van der Waals surface area (Å²) in [5.74, 6) is -0.502. The summed E-state index contributed by atoms with van der Waals surface area (Å²) in [7, 11) is 1.40. The zero-order valence-corrected chi connectivity index (χ0v) is 32.3. The van der Waals surface area contributed by atoms with Crippen LogP contribution in [0.3, 0.4) is 0 Å². The summed E-state index contributed by atoms with van der Waals surface area (Å²) in [6.07, 6.45) is -7.91. The van der Waals surface area contributed by atoms with Crippen LogP contribution >= 0.6 is 0 Å². The number of hydrogen-bond donors (Lipinski definition) is 9. The number of rotatable bonds is 12. The van der Waals surface area contributed by atoms with Crippen molar-refractivity contribution in [2.24, 2.45) is 52.3 Å². The van der Waals surface area contributed by atoms with Gasteiger partial charge in [-0.3, -0.25) is 0 Å². The highest BCUT2D eigenvalue weighted by Gasteiger charge is 2.71. The molecule has 0 aromatic carbocycles. The van der Waals surface area contributed by atoms with Crippen LogP contribution in [-0.2, 0) is 23.7 Å². The summed E-state index contributed by atoms with van der Waals surface area (Å²) < 4.78 is 28.8. The quantitative estimate of drug-likeness (QED) is 0.130. The van der Waals surface area contributed by atoms with Crippen LogP contribution in [0.15, 0.2) is 0 Å². The minimum atomic E-state index is -1.44. The third-order valence-electron chi connectivity index (χ3n) is 15.4. The Bertz CT molecular complexity index is 1230. The number of aliphatic hydroxyl groups is 9. The third-order valence-corrected chi connectivity index (χ3v) is 15.4. The molecule has 0 amide bonds. The van der Waals surface area contributed by atoms with Crippen LogP contribution in [0.25, 0.3) is 0 Å². The van der Waals surface area contributed by atoms with Gasteiger partial charge in [0.1, 0.15) is 36.6 Å². The summed E-state index contributed by atoms with van der Waals surface area (Å²) in [4.78, 5) is 0. The maximum absolute atomic E-state index is 12.6. The van der Waals surface area contributed by atoms with Gasteiger partial charge in [0.05, 0.1) is 49.8 Å². The van der Waals surface area contributed by atoms with Gasteiger partial charge in [-0.25, -0.2) is 0 Å². The summed E-state index contributed by atoms with van der Waals surface area (Å²) in [6.45, 7) is 10.5. The monoisotopic (exact) mass is 760 g/mol. The van der Waals surface area contributed by atoms with Crippen molar-refractivity contribution in [1.29, 1.82) is 0 Å². The lowest BCUT2D eigenvalue weighted by Crippen LogP contribution is -2.70. The molecular weight excluding hydrogens is 692 g/mol. The lowest BCUT2D eigenvalue weighted by molar-refractivity contribution is -0.306. The fraction of sp³-hybridized carbons (Fsp3) is 1.00. The molecule has 0 spiro atoms. The molecule has 0 aromatic rings. The van der Waals surface area contributed by atoms with Crippen molar-refractivity contribution in [2.75, 3.05) is 26.9 Å². The number of ether oxygens (including phenoxy) is 5. The molecule has 53 heavy (non-hydrogen) atoms. The molecule has 21 unspecified atom stereocenters. The van der Waals surface area contributed by atoms with Crippen LogP contribution in [-0.4, -0.2) is 152 Å². The second-order valence-corrected chi connectivity index (χ2v) is 18.5. The number of fused-ring (bicyclic) bond motifs is 5. The molecule has 0 radical (unpaired) electrons. The van der Waals surface area contributed by atoms with E-state index in [0.717, 1.165) is 25.7 Å². The highest BCUT2D eigenvalue weighted by molar-refractivity contribution is 5.21. The average molecular weight is 761 g/mol. The highest BCUT2D eigenvalue weighted by Crippen LogP contribution is 2.70. The van der Waals surface area contributed by atoms with Gasteiger partial charge in [0, 0.05) is 25.4 Å². The Kier molecular flexibility index (Phi) is 12.7. The lowest BCUT2D eigenvalue weighted by atomic mass is 9.41. The summed E-state index contributed by atoms with van der Waals surface area (Å²) in [5, 5.41) is 99.1. The Morgan fingerprint density at radius 1 is 0.811 bits per heavy atom. The second kappa shape index (κ2) is 16.0. The Morgan fingerprint density at radius 3 is 2.17 bits per heavy atom. The van der Waals surface area contributed by atoms with Gasteiger partial charge in [-0.05, 0) is 78.9 Å². The summed E-state index contributed by atoms with van der Waals surface area (Å²) in [5.41, 5.74) is -2.21. The number of hydrogen-bond acceptors (Lipinski definition) is 14. The maximum Gasteiger partial charge on any atom is 0.187 e. The largest absolute Gasteiger partial charge is 0.394 e. The average Bonchev–Trinajstić information content (AvgIpc) is 3.56. The van der Waals surface area contributed by atoms with Gasteiger partial charge < -0.3 is 69.6 Å². The highest BCUT2D eigenvalue weighted by atomic mass is 16.8. The maximum atomic E-state index is 12.6. The predicted molar refractivity (Wildman–Crippen MR) is 189 cm³/mol. The first-order valence-corrected chi connectivity index (χ1v) is 20.1. The van der Waals surface area contributed by atoms with Crippen LogP contribution in [0, 0.1) is 52.3 Å². The molecular formula is C39H68O14. The standard InChI is InChI=1S/C39H68O14/c1-18(2)20(16-50-36-33(31(46)25(15-40)52-36)53-35-32(47)30(45)26(49-6)17-51-35)8-7-19(3)21-13-23(42)34-37(21,4)12-10-27-38(5)11-9-22(41)29(44)28(38)24(43)14-39(27,34)48/h18-36,40-48H,7-17H2,1-6H3. The van der Waals surface area contributed by atoms with E-state index in [0.29, 0.717) is 19.3 Å². The minimum Gasteiger partial charge on any atom is -0.394 e. The molecule has 21 atom stereocenters. The van der Waals surface area contributed by atoms with Crippen molar-refractivity contribution >= 4 is 0 Å². The van der Waals surface area contributed by atoms with Crippen molar-refractivity contribution in [3.63, 3.8) is 0 Å². The second-order valence-electron chi connectivity index (χ2n) is 18.5. The van der Waals surface area contributed by atoms with E-state index in [-0.39, 0.29) is 54.6 Å². The van der Waals surface area contributed by atoms with Crippen LogP contribution < -0.4 is 0 Å². The van der Waals surface area contributed by atoms with E-state index < -0.39 is 103 Å². The smallest absolute Gasteiger partial charge is 0.187 e. The molecule has 14 nitrogen and oxygen atoms in total. The van der Waals surface area contributed by atoms with Crippen LogP contribution in [0.5, 0.6) is 0 Å². The molecule has 0 aromatic heterocycles. The van der Waals surface area contributed by atoms with Gasteiger partial charge >= 0.3 is 0 Å². The molecule has 6 aliphatic rings. The number of methoxy groups -OCH3 is 1. The van der Waals surface area contributed by atoms with E-state index in [2.05, 4.69) is 27.7 Å². The van der Waals surface area contributed by atoms with Crippen molar-refractivity contribution in [3.05, 3.63) is 0 Å². The van der Waals surface area contributed by atoms with E-state index in [4.69, 9.17) is 23.7 Å². The molecule has 14 heteroatoms. The van der Waals surface area contributed by atoms with Gasteiger partial charge in [0.25, 0.3) is 0 Å². The van der Waals surface area contributed by atoms with E-state index >= 15 is 0 Å². The van der Waals surface area contributed by atoms with Crippen molar-refractivity contribution < 1.29 is 69.6 Å². The molecule has 308 valence electrons. The van der Waals surface area contributed by atoms with Crippen LogP contribution in [0.1, 0.15) is 86.0 Å². The van der Waals surface area contributed by atoms with Gasteiger partial charge in [-0.15, -0.1) is 0 Å². The molecule has 9 N–H and O–H groups in total. The topological polar surface area (TPSA) is 228 Å². The van der Waals surface area contributed by atoms with E-state index in [1.54, 1.807) is 0 Å².